The molecule has 7 nitrogen and oxygen atoms in total. The highest BCUT2D eigenvalue weighted by molar-refractivity contribution is 5.92. The number of amides is 1. The number of alkyl halides is 3. The number of halogens is 5. The number of nitrogens with one attached hydrogen (secondary N) is 2. The third kappa shape index (κ3) is 5.53. The van der Waals surface area contributed by atoms with Crippen molar-refractivity contribution in [2.75, 3.05) is 13.1 Å². The van der Waals surface area contributed by atoms with Crippen LogP contribution in [0.2, 0.25) is 0 Å². The summed E-state index contributed by atoms with van der Waals surface area (Å²) in [4.78, 5) is 16.0. The molecule has 1 aliphatic rings. The van der Waals surface area contributed by atoms with Gasteiger partial charge in [0.1, 0.15) is 0 Å². The Morgan fingerprint density at radius 1 is 1.33 bits per heavy atom. The van der Waals surface area contributed by atoms with Crippen molar-refractivity contribution in [1.82, 2.24) is 30.6 Å². The Hall–Kier alpha value is -1.91. The lowest BCUT2D eigenvalue weighted by Gasteiger charge is -2.29. The smallest absolute Gasteiger partial charge is 0.346 e. The molecule has 0 saturated carbocycles. The van der Waals surface area contributed by atoms with E-state index in [-0.39, 0.29) is 48.3 Å². The predicted octanol–water partition coefficient (Wildman–Crippen LogP) is 2.25. The van der Waals surface area contributed by atoms with Gasteiger partial charge in [0.25, 0.3) is 5.91 Å². The van der Waals surface area contributed by atoms with Crippen molar-refractivity contribution >= 4 is 30.7 Å². The van der Waals surface area contributed by atoms with Crippen LogP contribution in [0.25, 0.3) is 5.82 Å². The third-order valence-corrected chi connectivity index (χ3v) is 4.18. The first-order chi connectivity index (χ1) is 11.8. The molecule has 0 radical (unpaired) electrons. The number of aromatic nitrogens is 4. The fourth-order valence-corrected chi connectivity index (χ4v) is 2.59. The molecule has 0 bridgehead atoms. The SMILES string of the molecule is CC1CCNCC1NC(=O)c1cn(-c2ccc(C(F)(F)F)cn2)nn1.Cl.Cl. The molecular weight excluding hydrogens is 408 g/mol. The lowest BCUT2D eigenvalue weighted by molar-refractivity contribution is -0.137. The van der Waals surface area contributed by atoms with E-state index in [1.807, 2.05) is 0 Å². The van der Waals surface area contributed by atoms with Crippen LogP contribution in [0.15, 0.2) is 24.5 Å². The minimum Gasteiger partial charge on any atom is -0.346 e. The van der Waals surface area contributed by atoms with Crippen molar-refractivity contribution in [2.24, 2.45) is 5.92 Å². The number of nitrogens with zero attached hydrogens (tertiary/aromatic N) is 4. The van der Waals surface area contributed by atoms with Crippen molar-refractivity contribution in [3.63, 3.8) is 0 Å². The van der Waals surface area contributed by atoms with Gasteiger partial charge in [-0.05, 0) is 31.0 Å². The first kappa shape index (κ1) is 23.1. The van der Waals surface area contributed by atoms with Gasteiger partial charge in [0.2, 0.25) is 0 Å². The van der Waals surface area contributed by atoms with Crippen LogP contribution >= 0.6 is 24.8 Å². The minimum absolute atomic E-state index is 0. The number of rotatable bonds is 3. The average Bonchev–Trinajstić information content (AvgIpc) is 3.06. The summed E-state index contributed by atoms with van der Waals surface area (Å²) in [6.45, 7) is 3.67. The van der Waals surface area contributed by atoms with Crippen LogP contribution in [-0.2, 0) is 6.18 Å². The predicted molar refractivity (Wildman–Crippen MR) is 96.6 cm³/mol. The number of carbonyl (C=O) groups excluding carboxylic acids is 1. The van der Waals surface area contributed by atoms with Gasteiger partial charge >= 0.3 is 6.18 Å². The van der Waals surface area contributed by atoms with Crippen LogP contribution in [0.4, 0.5) is 13.2 Å². The van der Waals surface area contributed by atoms with E-state index >= 15 is 0 Å². The summed E-state index contributed by atoms with van der Waals surface area (Å²) in [5.74, 6) is 0.114. The largest absolute Gasteiger partial charge is 0.417 e. The van der Waals surface area contributed by atoms with E-state index in [4.69, 9.17) is 0 Å². The number of hydrogen-bond acceptors (Lipinski definition) is 5. The quantitative estimate of drug-likeness (QED) is 0.785. The van der Waals surface area contributed by atoms with Gasteiger partial charge in [-0.3, -0.25) is 4.79 Å². The van der Waals surface area contributed by atoms with Crippen LogP contribution in [-0.4, -0.2) is 45.0 Å². The lowest BCUT2D eigenvalue weighted by atomic mass is 9.95. The van der Waals surface area contributed by atoms with Gasteiger partial charge in [0.05, 0.1) is 11.8 Å². The molecule has 27 heavy (non-hydrogen) atoms. The van der Waals surface area contributed by atoms with E-state index in [1.165, 1.54) is 12.3 Å². The summed E-state index contributed by atoms with van der Waals surface area (Å²) in [5.41, 5.74) is -0.771. The zero-order valence-corrected chi connectivity index (χ0v) is 15.9. The maximum atomic E-state index is 12.6. The number of pyridine rings is 1. The zero-order chi connectivity index (χ0) is 18.0. The maximum Gasteiger partial charge on any atom is 0.417 e. The zero-order valence-electron chi connectivity index (χ0n) is 14.2. The van der Waals surface area contributed by atoms with E-state index in [0.717, 1.165) is 23.7 Å². The summed E-state index contributed by atoms with van der Waals surface area (Å²) in [6.07, 6.45) is -1.44. The Morgan fingerprint density at radius 2 is 2.07 bits per heavy atom. The Morgan fingerprint density at radius 3 is 2.67 bits per heavy atom. The molecule has 2 aromatic rings. The van der Waals surface area contributed by atoms with Crippen molar-refractivity contribution in [3.8, 4) is 5.82 Å². The van der Waals surface area contributed by atoms with Gasteiger partial charge in [-0.25, -0.2) is 9.67 Å². The molecule has 2 aromatic heterocycles. The molecule has 2 N–H and O–H groups in total. The first-order valence-corrected chi connectivity index (χ1v) is 7.82. The van der Waals surface area contributed by atoms with E-state index in [0.29, 0.717) is 18.7 Å². The molecule has 1 amide bonds. The topological polar surface area (TPSA) is 84.7 Å². The van der Waals surface area contributed by atoms with Crippen LogP contribution in [0.1, 0.15) is 29.4 Å². The van der Waals surface area contributed by atoms with Crippen molar-refractivity contribution in [1.29, 1.82) is 0 Å². The molecule has 0 aliphatic carbocycles. The molecule has 0 spiro atoms. The molecule has 2 atom stereocenters. The Kier molecular flexibility index (Phi) is 8.00. The van der Waals surface area contributed by atoms with Gasteiger partial charge in [0.15, 0.2) is 11.5 Å². The summed E-state index contributed by atoms with van der Waals surface area (Å²) in [5, 5.41) is 13.6. The Balaban J connectivity index is 0.00000182. The van der Waals surface area contributed by atoms with Crippen LogP contribution in [0.3, 0.4) is 0 Å². The highest BCUT2D eigenvalue weighted by Crippen LogP contribution is 2.28. The lowest BCUT2D eigenvalue weighted by Crippen LogP contribution is -2.50. The van der Waals surface area contributed by atoms with Crippen LogP contribution in [0, 0.1) is 5.92 Å². The summed E-state index contributed by atoms with van der Waals surface area (Å²) < 4.78 is 38.8. The molecule has 1 fully saturated rings. The highest BCUT2D eigenvalue weighted by Gasteiger charge is 2.31. The average molecular weight is 427 g/mol. The Labute approximate surface area is 165 Å². The van der Waals surface area contributed by atoms with Crippen molar-refractivity contribution in [3.05, 3.63) is 35.8 Å². The third-order valence-electron chi connectivity index (χ3n) is 4.18. The first-order valence-electron chi connectivity index (χ1n) is 7.82. The summed E-state index contributed by atoms with van der Waals surface area (Å²) in [6, 6.07) is 2.07. The highest BCUT2D eigenvalue weighted by atomic mass is 35.5. The number of piperidine rings is 1. The standard InChI is InChI=1S/C15H17F3N6O.2ClH/c1-9-4-5-19-7-11(9)21-14(25)12-8-24(23-22-12)13-3-2-10(6-20-13)15(16,17)18;;/h2-3,6,8-9,11,19H,4-5,7H2,1H3,(H,21,25);2*1H. The minimum atomic E-state index is -4.45. The summed E-state index contributed by atoms with van der Waals surface area (Å²) >= 11 is 0. The van der Waals surface area contributed by atoms with Crippen LogP contribution < -0.4 is 10.6 Å². The van der Waals surface area contributed by atoms with E-state index in [9.17, 15) is 18.0 Å². The fourth-order valence-electron chi connectivity index (χ4n) is 2.59. The molecule has 1 aliphatic heterocycles. The second-order valence-electron chi connectivity index (χ2n) is 6.00. The van der Waals surface area contributed by atoms with Gasteiger partial charge < -0.3 is 10.6 Å². The van der Waals surface area contributed by atoms with E-state index in [1.54, 1.807) is 0 Å². The van der Waals surface area contributed by atoms with Crippen molar-refractivity contribution < 1.29 is 18.0 Å². The Bertz CT molecular complexity index is 753. The van der Waals surface area contributed by atoms with Crippen molar-refractivity contribution in [2.45, 2.75) is 25.6 Å². The number of carbonyl (C=O) groups is 1. The van der Waals surface area contributed by atoms with Gasteiger partial charge in [-0.15, -0.1) is 29.9 Å². The molecule has 3 rings (SSSR count). The van der Waals surface area contributed by atoms with E-state index in [2.05, 4.69) is 32.9 Å². The van der Waals surface area contributed by atoms with Crippen LogP contribution in [0.5, 0.6) is 0 Å². The number of hydrogen-bond donors (Lipinski definition) is 2. The monoisotopic (exact) mass is 426 g/mol. The molecule has 0 aromatic carbocycles. The maximum absolute atomic E-state index is 12.6. The molecular formula is C15H19Cl2F3N6O. The second kappa shape index (κ2) is 9.34. The molecule has 1 saturated heterocycles. The van der Waals surface area contributed by atoms with E-state index < -0.39 is 11.7 Å². The molecule has 2 unspecified atom stereocenters. The van der Waals surface area contributed by atoms with Gasteiger partial charge in [-0.2, -0.15) is 13.2 Å². The summed E-state index contributed by atoms with van der Waals surface area (Å²) in [7, 11) is 0. The molecule has 12 heteroatoms. The second-order valence-corrected chi connectivity index (χ2v) is 6.00. The fraction of sp³-hybridized carbons (Fsp3) is 0.467. The van der Waals surface area contributed by atoms with Gasteiger partial charge in [-0.1, -0.05) is 12.1 Å². The normalized spacial score (nSPS) is 19.6. The molecule has 150 valence electrons. The van der Waals surface area contributed by atoms with Gasteiger partial charge in [0, 0.05) is 18.8 Å². The molecule has 3 heterocycles.